The molecule has 8 nitrogen and oxygen atoms in total. The highest BCUT2D eigenvalue weighted by Crippen LogP contribution is 2.33. The summed E-state index contributed by atoms with van der Waals surface area (Å²) in [5.41, 5.74) is 0.528. The highest BCUT2D eigenvalue weighted by atomic mass is 79.9. The summed E-state index contributed by atoms with van der Waals surface area (Å²) in [4.78, 5) is 13.5. The summed E-state index contributed by atoms with van der Waals surface area (Å²) in [7, 11) is 1.51. The predicted octanol–water partition coefficient (Wildman–Crippen LogP) is 6.65. The van der Waals surface area contributed by atoms with Crippen LogP contribution in [0.25, 0.3) is 11.4 Å². The van der Waals surface area contributed by atoms with Crippen LogP contribution in [-0.4, -0.2) is 28.0 Å². The molecule has 0 aliphatic rings. The van der Waals surface area contributed by atoms with Crippen molar-refractivity contribution in [2.75, 3.05) is 13.7 Å². The van der Waals surface area contributed by atoms with Crippen LogP contribution in [0.3, 0.4) is 0 Å². The fourth-order valence-electron chi connectivity index (χ4n) is 3.41. The van der Waals surface area contributed by atoms with E-state index in [0.29, 0.717) is 35.2 Å². The molecule has 4 aromatic rings. The number of rotatable bonds is 7. The molecule has 35 heavy (non-hydrogen) atoms. The number of aromatic hydroxyl groups is 1. The lowest BCUT2D eigenvalue weighted by molar-refractivity contribution is 0.340. The van der Waals surface area contributed by atoms with E-state index >= 15 is 0 Å². The summed E-state index contributed by atoms with van der Waals surface area (Å²) in [6.45, 7) is 2.40. The van der Waals surface area contributed by atoms with Gasteiger partial charge in [-0.2, -0.15) is 5.11 Å². The van der Waals surface area contributed by atoms with Crippen LogP contribution < -0.4 is 15.0 Å². The summed E-state index contributed by atoms with van der Waals surface area (Å²) in [5.74, 6) is 0.654. The van der Waals surface area contributed by atoms with Crippen LogP contribution in [0.2, 0.25) is 0 Å². The molecule has 0 fully saturated rings. The van der Waals surface area contributed by atoms with Gasteiger partial charge in [0.15, 0.2) is 4.77 Å². The lowest BCUT2D eigenvalue weighted by atomic mass is 10.2. The molecule has 1 aromatic heterocycles. The van der Waals surface area contributed by atoms with Crippen molar-refractivity contribution in [3.8, 4) is 28.8 Å². The van der Waals surface area contributed by atoms with Gasteiger partial charge in [-0.25, -0.2) is 0 Å². The average molecular weight is 553 g/mol. The van der Waals surface area contributed by atoms with Gasteiger partial charge in [-0.1, -0.05) is 28.1 Å². The molecule has 0 radical (unpaired) electrons. The lowest BCUT2D eigenvalue weighted by Gasteiger charge is -2.17. The first-order valence-electron chi connectivity index (χ1n) is 10.6. The number of hydrogen-bond donors (Lipinski definition) is 1. The number of ether oxygens (including phenoxy) is 2. The van der Waals surface area contributed by atoms with Crippen LogP contribution >= 0.6 is 28.1 Å². The fraction of sp³-hybridized carbons (Fsp3) is 0.120. The second-order valence-electron chi connectivity index (χ2n) is 7.21. The Morgan fingerprint density at radius 2 is 1.66 bits per heavy atom. The number of aromatic nitrogens is 2. The smallest absolute Gasteiger partial charge is 0.290 e. The van der Waals surface area contributed by atoms with Crippen molar-refractivity contribution in [2.45, 2.75) is 6.92 Å². The second-order valence-corrected chi connectivity index (χ2v) is 8.49. The molecule has 0 spiro atoms. The first-order valence-corrected chi connectivity index (χ1v) is 11.8. The third-order valence-corrected chi connectivity index (χ3v) is 5.93. The van der Waals surface area contributed by atoms with E-state index in [1.807, 2.05) is 6.92 Å². The minimum absolute atomic E-state index is 0.0313. The highest BCUT2D eigenvalue weighted by Gasteiger charge is 2.21. The van der Waals surface area contributed by atoms with Gasteiger partial charge in [0, 0.05) is 4.47 Å². The molecule has 0 saturated heterocycles. The van der Waals surface area contributed by atoms with Crippen molar-refractivity contribution in [3.05, 3.63) is 92.4 Å². The standard InChI is InChI=1S/C25H21BrN4O4S/c1-3-34-19-14-12-18(13-15-19)29-23(31)22(28-27-17-10-8-16(26)9-11-17)24(32)30(25(29)35)20-6-4-5-7-21(20)33-2/h4-15,32H,3H2,1-2H3. The molecular formula is C25H21BrN4O4S. The van der Waals surface area contributed by atoms with Gasteiger partial charge in [-0.15, -0.1) is 5.11 Å². The molecule has 1 N–H and O–H groups in total. The van der Waals surface area contributed by atoms with Gasteiger partial charge in [-0.05, 0) is 79.8 Å². The van der Waals surface area contributed by atoms with Crippen LogP contribution in [0.4, 0.5) is 11.4 Å². The summed E-state index contributed by atoms with van der Waals surface area (Å²) in [5, 5.41) is 19.4. The number of azo groups is 1. The molecule has 0 unspecified atom stereocenters. The average Bonchev–Trinajstić information content (AvgIpc) is 2.86. The molecule has 0 bridgehead atoms. The van der Waals surface area contributed by atoms with Crippen molar-refractivity contribution in [3.63, 3.8) is 0 Å². The van der Waals surface area contributed by atoms with Crippen LogP contribution in [0.5, 0.6) is 17.4 Å². The van der Waals surface area contributed by atoms with E-state index in [2.05, 4.69) is 26.2 Å². The molecular weight excluding hydrogens is 532 g/mol. The zero-order valence-electron chi connectivity index (χ0n) is 18.9. The number of hydrogen-bond acceptors (Lipinski definition) is 7. The number of para-hydroxylation sites is 2. The maximum Gasteiger partial charge on any atom is 0.290 e. The van der Waals surface area contributed by atoms with Gasteiger partial charge < -0.3 is 14.6 Å². The van der Waals surface area contributed by atoms with Crippen LogP contribution in [0.15, 0.2) is 92.3 Å². The Hall–Kier alpha value is -3.76. The quantitative estimate of drug-likeness (QED) is 0.205. The van der Waals surface area contributed by atoms with E-state index in [0.717, 1.165) is 4.47 Å². The Balaban J connectivity index is 1.98. The number of halogens is 1. The normalized spacial score (nSPS) is 11.1. The highest BCUT2D eigenvalue weighted by molar-refractivity contribution is 9.10. The molecule has 10 heteroatoms. The Bertz CT molecular complexity index is 1500. The topological polar surface area (TPSA) is 90.3 Å². The second kappa shape index (κ2) is 10.7. The first-order chi connectivity index (χ1) is 16.9. The Morgan fingerprint density at radius 1 is 0.971 bits per heavy atom. The van der Waals surface area contributed by atoms with Crippen LogP contribution in [0, 0.1) is 4.77 Å². The molecule has 0 aliphatic heterocycles. The molecule has 0 amide bonds. The third kappa shape index (κ3) is 5.03. The van der Waals surface area contributed by atoms with Gasteiger partial charge in [0.1, 0.15) is 11.5 Å². The van der Waals surface area contributed by atoms with Gasteiger partial charge in [-0.3, -0.25) is 13.9 Å². The molecule has 4 rings (SSSR count). The largest absolute Gasteiger partial charge is 0.495 e. The summed E-state index contributed by atoms with van der Waals surface area (Å²) < 4.78 is 14.5. The molecule has 0 atom stereocenters. The predicted molar refractivity (Wildman–Crippen MR) is 140 cm³/mol. The van der Waals surface area contributed by atoms with E-state index in [1.165, 1.54) is 16.2 Å². The molecule has 0 aliphatic carbocycles. The maximum atomic E-state index is 13.5. The molecule has 3 aromatic carbocycles. The van der Waals surface area contributed by atoms with E-state index < -0.39 is 11.4 Å². The molecule has 1 heterocycles. The van der Waals surface area contributed by atoms with Crippen molar-refractivity contribution >= 4 is 39.5 Å². The number of nitrogens with zero attached hydrogens (tertiary/aromatic N) is 4. The van der Waals surface area contributed by atoms with E-state index in [-0.39, 0.29) is 10.5 Å². The van der Waals surface area contributed by atoms with Crippen molar-refractivity contribution < 1.29 is 14.6 Å². The summed E-state index contributed by atoms with van der Waals surface area (Å²) in [6, 6.07) is 21.0. The van der Waals surface area contributed by atoms with Gasteiger partial charge in [0.05, 0.1) is 30.8 Å². The Labute approximate surface area is 214 Å². The first kappa shape index (κ1) is 24.4. The van der Waals surface area contributed by atoms with E-state index in [4.69, 9.17) is 21.7 Å². The minimum atomic E-state index is -0.622. The Kier molecular flexibility index (Phi) is 7.42. The number of methoxy groups -OCH3 is 1. The summed E-state index contributed by atoms with van der Waals surface area (Å²) >= 11 is 9.05. The minimum Gasteiger partial charge on any atom is -0.495 e. The van der Waals surface area contributed by atoms with Gasteiger partial charge >= 0.3 is 0 Å². The monoisotopic (exact) mass is 552 g/mol. The summed E-state index contributed by atoms with van der Waals surface area (Å²) in [6.07, 6.45) is 0. The zero-order valence-corrected chi connectivity index (χ0v) is 21.3. The fourth-order valence-corrected chi connectivity index (χ4v) is 4.04. The van der Waals surface area contributed by atoms with Crippen molar-refractivity contribution in [1.82, 2.24) is 9.13 Å². The maximum absolute atomic E-state index is 13.5. The SMILES string of the molecule is CCOc1ccc(-n2c(=O)c(N=Nc3ccc(Br)cc3)c(O)n(-c3ccccc3OC)c2=S)cc1. The van der Waals surface area contributed by atoms with Crippen molar-refractivity contribution in [2.24, 2.45) is 10.2 Å². The lowest BCUT2D eigenvalue weighted by Crippen LogP contribution is -2.23. The Morgan fingerprint density at radius 3 is 2.31 bits per heavy atom. The van der Waals surface area contributed by atoms with Gasteiger partial charge in [0.25, 0.3) is 5.56 Å². The van der Waals surface area contributed by atoms with E-state index in [9.17, 15) is 9.90 Å². The van der Waals surface area contributed by atoms with E-state index in [1.54, 1.807) is 72.8 Å². The molecule has 0 saturated carbocycles. The zero-order chi connectivity index (χ0) is 24.9. The van der Waals surface area contributed by atoms with Crippen molar-refractivity contribution in [1.29, 1.82) is 0 Å². The van der Waals surface area contributed by atoms with Gasteiger partial charge in [0.2, 0.25) is 11.6 Å². The van der Waals surface area contributed by atoms with Crippen LogP contribution in [-0.2, 0) is 0 Å². The third-order valence-electron chi connectivity index (χ3n) is 5.04. The number of benzene rings is 3. The van der Waals surface area contributed by atoms with Crippen LogP contribution in [0.1, 0.15) is 6.92 Å². The molecule has 178 valence electrons.